The third-order valence-corrected chi connectivity index (χ3v) is 10.4. The molecule has 2 fully saturated rings. The van der Waals surface area contributed by atoms with Gasteiger partial charge in [0, 0.05) is 11.6 Å². The van der Waals surface area contributed by atoms with Crippen LogP contribution >= 0.6 is 0 Å². The van der Waals surface area contributed by atoms with Crippen LogP contribution < -0.4 is 14.2 Å². The number of carbonyl (C=O) groups is 1. The van der Waals surface area contributed by atoms with Crippen LogP contribution in [0, 0.1) is 23.2 Å². The zero-order valence-corrected chi connectivity index (χ0v) is 21.3. The number of ether oxygens (including phenoxy) is 4. The fourth-order valence-corrected chi connectivity index (χ4v) is 9.25. The van der Waals surface area contributed by atoms with Gasteiger partial charge >= 0.3 is 5.97 Å². The molecule has 2 heterocycles. The Morgan fingerprint density at radius 2 is 1.77 bits per heavy atom. The van der Waals surface area contributed by atoms with Crippen molar-refractivity contribution in [2.24, 2.45) is 16.8 Å². The summed E-state index contributed by atoms with van der Waals surface area (Å²) in [6, 6.07) is 4.97. The Morgan fingerprint density at radius 3 is 2.37 bits per heavy atom. The lowest BCUT2D eigenvalue weighted by atomic mass is 9.72. The fraction of sp³-hybridized carbons (Fsp3) is 0.640. The number of rotatable bonds is 7. The summed E-state index contributed by atoms with van der Waals surface area (Å²) in [6.07, 6.45) is 3.33. The van der Waals surface area contributed by atoms with Gasteiger partial charge < -0.3 is 18.9 Å². The molecule has 3 aliphatic rings. The maximum Gasteiger partial charge on any atom is 0.315 e. The maximum atomic E-state index is 14.0. The average molecular weight is 505 g/mol. The van der Waals surface area contributed by atoms with Gasteiger partial charge in [0.1, 0.15) is 12.5 Å². The quantitative estimate of drug-likeness (QED) is 0.410. The van der Waals surface area contributed by atoms with Crippen molar-refractivity contribution in [3.8, 4) is 23.3 Å². The van der Waals surface area contributed by atoms with Crippen molar-refractivity contribution in [3.63, 3.8) is 0 Å². The van der Waals surface area contributed by atoms with Crippen molar-refractivity contribution in [2.45, 2.75) is 61.5 Å². The number of nitrogens with zero attached hydrogens (tertiary/aromatic N) is 2. The molecule has 1 saturated carbocycles. The van der Waals surface area contributed by atoms with Crippen molar-refractivity contribution < 1.29 is 32.2 Å². The summed E-state index contributed by atoms with van der Waals surface area (Å²) in [4.78, 5) is 18.2. The zero-order valence-electron chi connectivity index (χ0n) is 20.5. The first-order valence-electron chi connectivity index (χ1n) is 11.9. The molecular formula is C25H32N2O7S. The summed E-state index contributed by atoms with van der Waals surface area (Å²) in [5, 5.41) is 7.54. The molecule has 9 nitrogen and oxygen atoms in total. The van der Waals surface area contributed by atoms with Gasteiger partial charge in [-0.2, -0.15) is 5.26 Å². The van der Waals surface area contributed by atoms with Crippen molar-refractivity contribution in [1.29, 1.82) is 5.26 Å². The number of fused-ring (bicyclic) bond motifs is 3. The molecule has 190 valence electrons. The largest absolute Gasteiger partial charge is 0.493 e. The van der Waals surface area contributed by atoms with Crippen LogP contribution in [0.25, 0.3) is 0 Å². The van der Waals surface area contributed by atoms with Gasteiger partial charge in [-0.05, 0) is 43.4 Å². The number of hydrogen-bond acceptors (Lipinski definition) is 9. The topological polar surface area (TPSA) is 124 Å². The molecule has 0 aromatic heterocycles. The molecule has 0 spiro atoms. The van der Waals surface area contributed by atoms with Gasteiger partial charge in [-0.15, -0.1) is 0 Å². The Kier molecular flexibility index (Phi) is 7.27. The van der Waals surface area contributed by atoms with Gasteiger partial charge in [0.15, 0.2) is 21.3 Å². The summed E-state index contributed by atoms with van der Waals surface area (Å²) in [5.74, 6) is -1.15. The van der Waals surface area contributed by atoms with Gasteiger partial charge in [0.2, 0.25) is 5.75 Å². The Hall–Kier alpha value is -2.80. The molecule has 0 N–H and O–H groups in total. The first-order chi connectivity index (χ1) is 16.8. The molecule has 10 heteroatoms. The number of carbonyl (C=O) groups excluding carboxylic acids is 1. The molecule has 0 radical (unpaired) electrons. The second-order valence-electron chi connectivity index (χ2n) is 9.34. The predicted octanol–water partition coefficient (Wildman–Crippen LogP) is 3.07. The summed E-state index contributed by atoms with van der Waals surface area (Å²) < 4.78 is 49.9. The highest BCUT2D eigenvalue weighted by Crippen LogP contribution is 2.54. The smallest absolute Gasteiger partial charge is 0.315 e. The molecular weight excluding hydrogens is 472 g/mol. The number of hydrogen-bond donors (Lipinski definition) is 0. The van der Waals surface area contributed by atoms with E-state index in [4.69, 9.17) is 29.2 Å². The van der Waals surface area contributed by atoms with Crippen LogP contribution in [0.1, 0.15) is 50.5 Å². The van der Waals surface area contributed by atoms with Crippen LogP contribution in [-0.4, -0.2) is 64.6 Å². The number of sulfone groups is 1. The highest BCUT2D eigenvalue weighted by Gasteiger charge is 2.62. The van der Waals surface area contributed by atoms with Gasteiger partial charge in [-0.1, -0.05) is 12.8 Å². The molecule has 4 rings (SSSR count). The second kappa shape index (κ2) is 10.1. The van der Waals surface area contributed by atoms with Crippen LogP contribution in [0.5, 0.6) is 17.2 Å². The molecule has 1 aliphatic carbocycles. The second-order valence-corrected chi connectivity index (χ2v) is 11.7. The standard InChI is InChI=1S/C25H32N2O7S/c1-14-20(25(28)34-11-7-10-26)21(15-12-17(31-2)23(33-4)18(13-15)32-3)24-22(27-14)16-8-5-6-9-19(16)35(24,29)30/h12-13,16,19-22,24H,5-9,11H2,1-4H3. The molecule has 6 unspecified atom stereocenters. The van der Waals surface area contributed by atoms with Gasteiger partial charge in [-0.25, -0.2) is 8.42 Å². The van der Waals surface area contributed by atoms with Gasteiger partial charge in [0.25, 0.3) is 0 Å². The molecule has 2 aliphatic heterocycles. The van der Waals surface area contributed by atoms with E-state index in [0.717, 1.165) is 19.3 Å². The normalized spacial score (nSPS) is 30.8. The van der Waals surface area contributed by atoms with Crippen molar-refractivity contribution >= 4 is 21.5 Å². The van der Waals surface area contributed by atoms with E-state index in [9.17, 15) is 13.2 Å². The Morgan fingerprint density at radius 1 is 1.11 bits per heavy atom. The molecule has 35 heavy (non-hydrogen) atoms. The monoisotopic (exact) mass is 504 g/mol. The van der Waals surface area contributed by atoms with Crippen molar-refractivity contribution in [2.75, 3.05) is 27.9 Å². The zero-order chi connectivity index (χ0) is 25.3. The van der Waals surface area contributed by atoms with Crippen LogP contribution in [0.3, 0.4) is 0 Å². The fourth-order valence-electron chi connectivity index (χ4n) is 6.20. The number of benzene rings is 1. The Balaban J connectivity index is 1.90. The summed E-state index contributed by atoms with van der Waals surface area (Å²) in [6.45, 7) is 1.70. The van der Waals surface area contributed by atoms with Crippen molar-refractivity contribution in [3.05, 3.63) is 17.7 Å². The van der Waals surface area contributed by atoms with Crippen LogP contribution in [0.4, 0.5) is 0 Å². The Labute approximate surface area is 206 Å². The lowest BCUT2D eigenvalue weighted by Gasteiger charge is -2.38. The molecule has 1 aromatic carbocycles. The van der Waals surface area contributed by atoms with Gasteiger partial charge in [-0.3, -0.25) is 9.79 Å². The van der Waals surface area contributed by atoms with E-state index >= 15 is 0 Å². The minimum absolute atomic E-state index is 0.0536. The summed E-state index contributed by atoms with van der Waals surface area (Å²) in [5.41, 5.74) is 1.14. The minimum atomic E-state index is -3.60. The highest BCUT2D eigenvalue weighted by atomic mass is 32.2. The highest BCUT2D eigenvalue weighted by molar-refractivity contribution is 7.93. The average Bonchev–Trinajstić information content (AvgIpc) is 3.08. The van der Waals surface area contributed by atoms with Gasteiger partial charge in [0.05, 0.1) is 50.4 Å². The Bertz CT molecular complexity index is 1130. The lowest BCUT2D eigenvalue weighted by Crippen LogP contribution is -2.47. The van der Waals surface area contributed by atoms with Crippen LogP contribution in [-0.2, 0) is 19.4 Å². The molecule has 0 bridgehead atoms. The number of aliphatic imine (C=N–C) groups is 1. The molecule has 0 amide bonds. The van der Waals surface area contributed by atoms with Crippen molar-refractivity contribution in [1.82, 2.24) is 0 Å². The van der Waals surface area contributed by atoms with E-state index in [1.54, 1.807) is 19.1 Å². The van der Waals surface area contributed by atoms with E-state index in [-0.39, 0.29) is 18.9 Å². The third-order valence-electron chi connectivity index (χ3n) is 7.63. The lowest BCUT2D eigenvalue weighted by molar-refractivity contribution is -0.146. The number of methoxy groups -OCH3 is 3. The van der Waals surface area contributed by atoms with Crippen LogP contribution in [0.15, 0.2) is 17.1 Å². The minimum Gasteiger partial charge on any atom is -0.493 e. The molecule has 6 atom stereocenters. The summed E-state index contributed by atoms with van der Waals surface area (Å²) >= 11 is 0. The maximum absolute atomic E-state index is 14.0. The molecule has 1 aromatic rings. The predicted molar refractivity (Wildman–Crippen MR) is 129 cm³/mol. The van der Waals surface area contributed by atoms with E-state index in [2.05, 4.69) is 0 Å². The first-order valence-corrected chi connectivity index (χ1v) is 13.5. The number of nitriles is 1. The first kappa shape index (κ1) is 25.3. The SMILES string of the molecule is COc1cc(C2C(C(=O)OCCC#N)C(C)=NC3C4CCCCC4S(=O)(=O)C32)cc(OC)c1OC. The van der Waals surface area contributed by atoms with E-state index in [0.29, 0.717) is 34.9 Å². The molecule has 1 saturated heterocycles. The van der Waals surface area contributed by atoms with E-state index in [1.165, 1.54) is 21.3 Å². The third kappa shape index (κ3) is 4.24. The van der Waals surface area contributed by atoms with E-state index in [1.807, 2.05) is 6.07 Å². The summed E-state index contributed by atoms with van der Waals surface area (Å²) in [7, 11) is 0.884. The number of esters is 1. The van der Waals surface area contributed by atoms with Crippen LogP contribution in [0.2, 0.25) is 0 Å². The van der Waals surface area contributed by atoms with E-state index < -0.39 is 44.2 Å².